The molecule has 1 spiro atoms. The summed E-state index contributed by atoms with van der Waals surface area (Å²) in [6.45, 7) is 3.56. The number of nitrogens with one attached hydrogen (secondary N) is 1. The molecule has 8 nitrogen and oxygen atoms in total. The Morgan fingerprint density at radius 3 is 2.72 bits per heavy atom. The molecule has 0 atom stereocenters. The van der Waals surface area contributed by atoms with Gasteiger partial charge in [0.15, 0.2) is 0 Å². The second kappa shape index (κ2) is 10.2. The van der Waals surface area contributed by atoms with Crippen LogP contribution < -0.4 is 10.1 Å². The molecule has 32 heavy (non-hydrogen) atoms. The zero-order valence-corrected chi connectivity index (χ0v) is 18.7. The fraction of sp³-hybridized carbons (Fsp3) is 0.542. The molecule has 1 aromatic carbocycles. The average molecular weight is 441 g/mol. The summed E-state index contributed by atoms with van der Waals surface area (Å²) >= 11 is 0. The number of fused-ring (bicyclic) bond motifs is 1. The molecular formula is C24H32N4O4. The maximum atomic E-state index is 12.8. The van der Waals surface area contributed by atoms with E-state index in [1.54, 1.807) is 23.2 Å². The molecule has 1 fully saturated rings. The van der Waals surface area contributed by atoms with Crippen LogP contribution in [0.4, 0.5) is 0 Å². The number of piperidine rings is 1. The first kappa shape index (κ1) is 22.3. The van der Waals surface area contributed by atoms with Crippen LogP contribution in [0.3, 0.4) is 0 Å². The minimum absolute atomic E-state index is 0.0160. The highest BCUT2D eigenvalue weighted by molar-refractivity contribution is 5.96. The van der Waals surface area contributed by atoms with Gasteiger partial charge in [0.2, 0.25) is 0 Å². The number of likely N-dealkylation sites (tertiary alicyclic amines) is 1. The lowest BCUT2D eigenvalue weighted by atomic mass is 9.75. The fourth-order valence-electron chi connectivity index (χ4n) is 4.48. The molecule has 3 heterocycles. The van der Waals surface area contributed by atoms with Gasteiger partial charge in [-0.1, -0.05) is 18.6 Å². The van der Waals surface area contributed by atoms with E-state index in [0.717, 1.165) is 32.1 Å². The first-order chi connectivity index (χ1) is 15.6. The van der Waals surface area contributed by atoms with E-state index < -0.39 is 0 Å². The largest absolute Gasteiger partial charge is 0.492 e. The molecule has 2 aliphatic heterocycles. The summed E-state index contributed by atoms with van der Waals surface area (Å²) in [5.41, 5.74) is 1.000. The van der Waals surface area contributed by atoms with Gasteiger partial charge in [0.25, 0.3) is 11.8 Å². The third kappa shape index (κ3) is 5.30. The number of rotatable bonds is 1. The third-order valence-corrected chi connectivity index (χ3v) is 6.48. The lowest BCUT2D eigenvalue weighted by molar-refractivity contribution is 0.0338. The monoisotopic (exact) mass is 440 g/mol. The number of ether oxygens (including phenoxy) is 2. The molecule has 0 bridgehead atoms. The summed E-state index contributed by atoms with van der Waals surface area (Å²) < 4.78 is 13.7. The molecule has 2 amide bonds. The number of nitrogens with zero attached hydrogens (tertiary/aromatic N) is 3. The van der Waals surface area contributed by atoms with Gasteiger partial charge < -0.3 is 24.3 Å². The van der Waals surface area contributed by atoms with Crippen molar-refractivity contribution in [2.24, 2.45) is 12.5 Å². The maximum absolute atomic E-state index is 12.8. The number of carbonyl (C=O) groups excluding carboxylic acids is 2. The SMILES string of the molecule is Cn1cnc(C(=O)N2CCC3(CCCCOCCNC(=O)c4ccccc4OC3)CC2)c1. The smallest absolute Gasteiger partial charge is 0.274 e. The Kier molecular flexibility index (Phi) is 7.09. The molecule has 8 heteroatoms. The Morgan fingerprint density at radius 2 is 1.94 bits per heavy atom. The highest BCUT2D eigenvalue weighted by Gasteiger charge is 2.37. The van der Waals surface area contributed by atoms with Crippen LogP contribution in [0.2, 0.25) is 0 Å². The number of para-hydroxylation sites is 1. The van der Waals surface area contributed by atoms with Gasteiger partial charge in [0.1, 0.15) is 11.4 Å². The predicted molar refractivity (Wildman–Crippen MR) is 120 cm³/mol. The first-order valence-electron chi connectivity index (χ1n) is 11.4. The number of hydrogen-bond donors (Lipinski definition) is 1. The normalized spacial score (nSPS) is 20.0. The number of amides is 2. The van der Waals surface area contributed by atoms with Gasteiger partial charge in [0.05, 0.1) is 25.1 Å². The average Bonchev–Trinajstić information content (AvgIpc) is 3.25. The summed E-state index contributed by atoms with van der Waals surface area (Å²) in [6, 6.07) is 7.38. The number of benzene rings is 1. The fourth-order valence-corrected chi connectivity index (χ4v) is 4.48. The molecule has 0 unspecified atom stereocenters. The zero-order valence-electron chi connectivity index (χ0n) is 18.7. The quantitative estimate of drug-likeness (QED) is 0.737. The lowest BCUT2D eigenvalue weighted by Crippen LogP contribution is -2.45. The molecule has 2 aliphatic rings. The molecule has 172 valence electrons. The van der Waals surface area contributed by atoms with E-state index in [1.165, 1.54) is 0 Å². The number of aryl methyl sites for hydroxylation is 1. The molecule has 1 N–H and O–H groups in total. The van der Waals surface area contributed by atoms with Gasteiger partial charge in [-0.3, -0.25) is 9.59 Å². The van der Waals surface area contributed by atoms with Crippen molar-refractivity contribution in [1.82, 2.24) is 19.8 Å². The Balaban J connectivity index is 1.47. The highest BCUT2D eigenvalue weighted by Crippen LogP contribution is 2.38. The third-order valence-electron chi connectivity index (χ3n) is 6.48. The molecule has 1 aromatic heterocycles. The maximum Gasteiger partial charge on any atom is 0.274 e. The molecule has 4 rings (SSSR count). The zero-order chi connectivity index (χ0) is 22.4. The number of carbonyl (C=O) groups is 2. The van der Waals surface area contributed by atoms with Crippen molar-refractivity contribution in [3.05, 3.63) is 48.0 Å². The van der Waals surface area contributed by atoms with Gasteiger partial charge in [-0.25, -0.2) is 4.98 Å². The number of aromatic nitrogens is 2. The summed E-state index contributed by atoms with van der Waals surface area (Å²) in [5.74, 6) is 0.443. The molecule has 0 saturated carbocycles. The van der Waals surface area contributed by atoms with Crippen molar-refractivity contribution in [2.45, 2.75) is 32.1 Å². The minimum Gasteiger partial charge on any atom is -0.492 e. The van der Waals surface area contributed by atoms with Gasteiger partial charge >= 0.3 is 0 Å². The van der Waals surface area contributed by atoms with Crippen molar-refractivity contribution in [3.63, 3.8) is 0 Å². The van der Waals surface area contributed by atoms with Crippen LogP contribution in [0, 0.1) is 5.41 Å². The van der Waals surface area contributed by atoms with Crippen LogP contribution in [-0.4, -0.2) is 65.7 Å². The van der Waals surface area contributed by atoms with E-state index in [0.29, 0.717) is 56.5 Å². The van der Waals surface area contributed by atoms with Gasteiger partial charge in [-0.05, 0) is 37.8 Å². The number of imidazole rings is 1. The molecular weight excluding hydrogens is 408 g/mol. The van der Waals surface area contributed by atoms with Crippen LogP contribution >= 0.6 is 0 Å². The topological polar surface area (TPSA) is 85.7 Å². The van der Waals surface area contributed by atoms with Crippen LogP contribution in [0.5, 0.6) is 5.75 Å². The van der Waals surface area contributed by atoms with Gasteiger partial charge in [-0.2, -0.15) is 0 Å². The Labute approximate surface area is 188 Å². The van der Waals surface area contributed by atoms with E-state index >= 15 is 0 Å². The Hall–Kier alpha value is -2.87. The first-order valence-corrected chi connectivity index (χ1v) is 11.4. The second-order valence-electron chi connectivity index (χ2n) is 8.83. The molecule has 2 aromatic rings. The summed E-state index contributed by atoms with van der Waals surface area (Å²) in [7, 11) is 1.86. The Morgan fingerprint density at radius 1 is 1.12 bits per heavy atom. The van der Waals surface area contributed by atoms with Crippen molar-refractivity contribution in [3.8, 4) is 5.75 Å². The van der Waals surface area contributed by atoms with Crippen molar-refractivity contribution in [2.75, 3.05) is 39.5 Å². The van der Waals surface area contributed by atoms with E-state index in [1.807, 2.05) is 30.1 Å². The number of hydrogen-bond acceptors (Lipinski definition) is 5. The van der Waals surface area contributed by atoms with Gasteiger partial charge in [0, 0.05) is 44.9 Å². The van der Waals surface area contributed by atoms with Crippen LogP contribution in [0.25, 0.3) is 0 Å². The standard InChI is InChI=1S/C24H32N4O4/c1-27-16-20(26-18-27)23(30)28-12-9-24(10-13-28)8-4-5-14-31-15-11-25-22(29)19-6-2-3-7-21(19)32-17-24/h2-3,6-7,16,18H,4-5,8-15,17H2,1H3,(H,25,29). The molecule has 1 saturated heterocycles. The Bertz CT molecular complexity index is 934. The lowest BCUT2D eigenvalue weighted by Gasteiger charge is -2.41. The molecule has 0 radical (unpaired) electrons. The summed E-state index contributed by atoms with van der Waals surface area (Å²) in [5, 5.41) is 2.90. The van der Waals surface area contributed by atoms with Crippen molar-refractivity contribution < 1.29 is 19.1 Å². The van der Waals surface area contributed by atoms with Crippen LogP contribution in [0.15, 0.2) is 36.8 Å². The summed E-state index contributed by atoms with van der Waals surface area (Å²) in [6.07, 6.45) is 8.17. The predicted octanol–water partition coefficient (Wildman–Crippen LogP) is 2.65. The van der Waals surface area contributed by atoms with Crippen molar-refractivity contribution >= 4 is 11.8 Å². The van der Waals surface area contributed by atoms with Gasteiger partial charge in [-0.15, -0.1) is 0 Å². The van der Waals surface area contributed by atoms with Crippen LogP contribution in [-0.2, 0) is 11.8 Å². The van der Waals surface area contributed by atoms with Crippen molar-refractivity contribution in [1.29, 1.82) is 0 Å². The van der Waals surface area contributed by atoms with E-state index in [9.17, 15) is 9.59 Å². The second-order valence-corrected chi connectivity index (χ2v) is 8.83. The summed E-state index contributed by atoms with van der Waals surface area (Å²) in [4.78, 5) is 31.5. The molecule has 0 aliphatic carbocycles. The van der Waals surface area contributed by atoms with E-state index in [4.69, 9.17) is 9.47 Å². The van der Waals surface area contributed by atoms with E-state index in [2.05, 4.69) is 10.3 Å². The highest BCUT2D eigenvalue weighted by atomic mass is 16.5. The van der Waals surface area contributed by atoms with E-state index in [-0.39, 0.29) is 17.2 Å². The minimum atomic E-state index is -0.147. The van der Waals surface area contributed by atoms with Crippen LogP contribution in [0.1, 0.15) is 53.0 Å².